The highest BCUT2D eigenvalue weighted by Gasteiger charge is 2.27. The van der Waals surface area contributed by atoms with E-state index in [1.807, 2.05) is 20.8 Å². The van der Waals surface area contributed by atoms with Crippen LogP contribution in [0.25, 0.3) is 0 Å². The van der Waals surface area contributed by atoms with E-state index < -0.39 is 5.60 Å². The number of hydrogen-bond acceptors (Lipinski definition) is 5. The number of piperidine rings is 1. The summed E-state index contributed by atoms with van der Waals surface area (Å²) >= 11 is 0. The van der Waals surface area contributed by atoms with Gasteiger partial charge in [-0.05, 0) is 52.9 Å². The lowest BCUT2D eigenvalue weighted by Gasteiger charge is -2.33. The third-order valence-electron chi connectivity index (χ3n) is 3.75. The first kappa shape index (κ1) is 20.3. The summed E-state index contributed by atoms with van der Waals surface area (Å²) in [4.78, 5) is 35.6. The van der Waals surface area contributed by atoms with Crippen LogP contribution in [0, 0.1) is 0 Å². The van der Waals surface area contributed by atoms with E-state index in [2.05, 4.69) is 10.1 Å². The molecular weight excluding hydrogens is 312 g/mol. The molecule has 24 heavy (non-hydrogen) atoms. The number of nitrogens with zero attached hydrogens (tertiary/aromatic N) is 1. The molecule has 1 saturated heterocycles. The van der Waals surface area contributed by atoms with Crippen molar-refractivity contribution in [3.05, 3.63) is 0 Å². The van der Waals surface area contributed by atoms with Crippen LogP contribution in [0.5, 0.6) is 0 Å². The first-order valence-corrected chi connectivity index (χ1v) is 8.64. The lowest BCUT2D eigenvalue weighted by molar-refractivity contribution is -0.129. The van der Waals surface area contributed by atoms with Gasteiger partial charge in [-0.2, -0.15) is 0 Å². The van der Waals surface area contributed by atoms with Gasteiger partial charge in [-0.25, -0.2) is 4.79 Å². The first-order chi connectivity index (χ1) is 11.3. The third kappa shape index (κ3) is 8.74. The van der Waals surface area contributed by atoms with Crippen molar-refractivity contribution >= 4 is 18.5 Å². The van der Waals surface area contributed by atoms with E-state index in [9.17, 15) is 14.4 Å². The maximum Gasteiger partial charge on any atom is 0.410 e. The van der Waals surface area contributed by atoms with Crippen LogP contribution in [-0.4, -0.2) is 54.7 Å². The fourth-order valence-corrected chi connectivity index (χ4v) is 2.53. The van der Waals surface area contributed by atoms with Gasteiger partial charge < -0.3 is 19.7 Å². The second-order valence-corrected chi connectivity index (χ2v) is 7.09. The van der Waals surface area contributed by atoms with Crippen LogP contribution in [0.2, 0.25) is 0 Å². The Morgan fingerprint density at radius 2 is 1.83 bits per heavy atom. The maximum atomic E-state index is 12.0. The van der Waals surface area contributed by atoms with E-state index in [-0.39, 0.29) is 18.0 Å². The molecule has 7 nitrogen and oxygen atoms in total. The molecule has 0 radical (unpaired) electrons. The average molecular weight is 342 g/mol. The van der Waals surface area contributed by atoms with Crippen molar-refractivity contribution in [3.63, 3.8) is 0 Å². The quantitative estimate of drug-likeness (QED) is 0.540. The Kier molecular flexibility index (Phi) is 8.57. The molecule has 2 amide bonds. The highest BCUT2D eigenvalue weighted by Crippen LogP contribution is 2.15. The topological polar surface area (TPSA) is 84.9 Å². The molecule has 0 aromatic heterocycles. The molecule has 1 fully saturated rings. The molecular formula is C17H30N2O5. The summed E-state index contributed by atoms with van der Waals surface area (Å²) in [6, 6.07) is 0.120. The van der Waals surface area contributed by atoms with Crippen LogP contribution < -0.4 is 5.32 Å². The van der Waals surface area contributed by atoms with Gasteiger partial charge in [0.15, 0.2) is 0 Å². The number of amides is 2. The van der Waals surface area contributed by atoms with Gasteiger partial charge in [-0.3, -0.25) is 9.59 Å². The molecule has 0 aromatic carbocycles. The Hall–Kier alpha value is -1.79. The number of carbonyl (C=O) groups is 3. The van der Waals surface area contributed by atoms with Crippen molar-refractivity contribution in [2.24, 2.45) is 0 Å². The summed E-state index contributed by atoms with van der Waals surface area (Å²) in [5.41, 5.74) is -0.487. The standard InChI is InChI=1S/C17H30N2O5/c1-17(2,3)24-16(22)19-10-8-14(9-11-19)18-15(21)7-5-4-6-12-23-13-20/h13-14H,4-12H2,1-3H3,(H,18,21). The van der Waals surface area contributed by atoms with Crippen molar-refractivity contribution in [1.29, 1.82) is 0 Å². The van der Waals surface area contributed by atoms with Crippen molar-refractivity contribution < 1.29 is 23.9 Å². The lowest BCUT2D eigenvalue weighted by Crippen LogP contribution is -2.47. The van der Waals surface area contributed by atoms with Gasteiger partial charge in [0, 0.05) is 25.6 Å². The van der Waals surface area contributed by atoms with Crippen LogP contribution in [0.3, 0.4) is 0 Å². The van der Waals surface area contributed by atoms with Crippen molar-refractivity contribution in [2.75, 3.05) is 19.7 Å². The van der Waals surface area contributed by atoms with E-state index in [0.717, 1.165) is 32.1 Å². The Labute approximate surface area is 144 Å². The number of likely N-dealkylation sites (tertiary alicyclic amines) is 1. The van der Waals surface area contributed by atoms with Crippen LogP contribution >= 0.6 is 0 Å². The monoisotopic (exact) mass is 342 g/mol. The minimum absolute atomic E-state index is 0.0435. The molecule has 0 spiro atoms. The SMILES string of the molecule is CC(C)(C)OC(=O)N1CCC(NC(=O)CCCCCOC=O)CC1. The molecule has 138 valence electrons. The number of ether oxygens (including phenoxy) is 2. The number of unbranched alkanes of at least 4 members (excludes halogenated alkanes) is 2. The largest absolute Gasteiger partial charge is 0.468 e. The molecule has 0 atom stereocenters. The van der Waals surface area contributed by atoms with Crippen molar-refractivity contribution in [1.82, 2.24) is 10.2 Å². The number of nitrogens with one attached hydrogen (secondary N) is 1. The van der Waals surface area contributed by atoms with Gasteiger partial charge >= 0.3 is 6.09 Å². The zero-order valence-electron chi connectivity index (χ0n) is 15.0. The fraction of sp³-hybridized carbons (Fsp3) is 0.824. The predicted molar refractivity (Wildman–Crippen MR) is 89.5 cm³/mol. The van der Waals surface area contributed by atoms with Crippen LogP contribution in [-0.2, 0) is 19.1 Å². The first-order valence-electron chi connectivity index (χ1n) is 8.64. The van der Waals surface area contributed by atoms with Gasteiger partial charge in [0.25, 0.3) is 6.47 Å². The fourth-order valence-electron chi connectivity index (χ4n) is 2.53. The zero-order valence-corrected chi connectivity index (χ0v) is 15.0. The highest BCUT2D eigenvalue weighted by atomic mass is 16.6. The second-order valence-electron chi connectivity index (χ2n) is 7.09. The van der Waals surface area contributed by atoms with Crippen molar-refractivity contribution in [3.8, 4) is 0 Å². The number of carbonyl (C=O) groups excluding carboxylic acids is 3. The Morgan fingerprint density at radius 1 is 1.17 bits per heavy atom. The molecule has 1 rings (SSSR count). The lowest BCUT2D eigenvalue weighted by atomic mass is 10.0. The van der Waals surface area contributed by atoms with E-state index >= 15 is 0 Å². The van der Waals surface area contributed by atoms with Crippen LogP contribution in [0.4, 0.5) is 4.79 Å². The zero-order chi connectivity index (χ0) is 18.0. The third-order valence-corrected chi connectivity index (χ3v) is 3.75. The van der Waals surface area contributed by atoms with Crippen LogP contribution in [0.15, 0.2) is 0 Å². The summed E-state index contributed by atoms with van der Waals surface area (Å²) in [6.45, 7) is 7.60. The van der Waals surface area contributed by atoms with E-state index in [1.165, 1.54) is 0 Å². The summed E-state index contributed by atoms with van der Waals surface area (Å²) < 4.78 is 9.95. The average Bonchev–Trinajstić information content (AvgIpc) is 2.49. The summed E-state index contributed by atoms with van der Waals surface area (Å²) in [7, 11) is 0. The highest BCUT2D eigenvalue weighted by molar-refractivity contribution is 5.76. The molecule has 1 heterocycles. The van der Waals surface area contributed by atoms with Crippen molar-refractivity contribution in [2.45, 2.75) is 70.9 Å². The second kappa shape index (κ2) is 10.2. The Bertz CT molecular complexity index is 412. The minimum atomic E-state index is -0.487. The molecule has 0 aliphatic carbocycles. The van der Waals surface area contributed by atoms with Gasteiger partial charge in [-0.1, -0.05) is 0 Å². The van der Waals surface area contributed by atoms with Gasteiger partial charge in [0.1, 0.15) is 5.60 Å². The molecule has 1 aliphatic heterocycles. The molecule has 0 bridgehead atoms. The summed E-state index contributed by atoms with van der Waals surface area (Å²) in [5, 5.41) is 3.02. The smallest absolute Gasteiger partial charge is 0.410 e. The summed E-state index contributed by atoms with van der Waals surface area (Å²) in [6.07, 6.45) is 4.11. The van der Waals surface area contributed by atoms with Crippen LogP contribution in [0.1, 0.15) is 59.3 Å². The summed E-state index contributed by atoms with van der Waals surface area (Å²) in [5.74, 6) is 0.0435. The molecule has 0 aromatic rings. The van der Waals surface area contributed by atoms with Gasteiger partial charge in [0.05, 0.1) is 6.61 Å². The molecule has 7 heteroatoms. The van der Waals surface area contributed by atoms with E-state index in [0.29, 0.717) is 32.6 Å². The predicted octanol–water partition coefficient (Wildman–Crippen LogP) is 2.24. The minimum Gasteiger partial charge on any atom is -0.468 e. The normalized spacial score (nSPS) is 15.7. The van der Waals surface area contributed by atoms with Gasteiger partial charge in [0.2, 0.25) is 5.91 Å². The molecule has 1 N–H and O–H groups in total. The van der Waals surface area contributed by atoms with E-state index in [4.69, 9.17) is 4.74 Å². The number of hydrogen-bond donors (Lipinski definition) is 1. The molecule has 1 aliphatic rings. The number of rotatable bonds is 8. The maximum absolute atomic E-state index is 12.0. The Morgan fingerprint density at radius 3 is 2.42 bits per heavy atom. The van der Waals surface area contributed by atoms with E-state index in [1.54, 1.807) is 4.90 Å². The Balaban J connectivity index is 2.15. The molecule has 0 saturated carbocycles. The van der Waals surface area contributed by atoms with Gasteiger partial charge in [-0.15, -0.1) is 0 Å². The molecule has 0 unspecified atom stereocenters.